The number of halogens is 2. The third-order valence-corrected chi connectivity index (χ3v) is 5.81. The molecule has 0 radical (unpaired) electrons. The predicted molar refractivity (Wildman–Crippen MR) is 135 cm³/mol. The van der Waals surface area contributed by atoms with Gasteiger partial charge in [-0.25, -0.2) is 19.6 Å². The van der Waals surface area contributed by atoms with E-state index in [2.05, 4.69) is 0 Å². The largest absolute Gasteiger partial charge is 0.477 e. The van der Waals surface area contributed by atoms with Crippen LogP contribution in [0.5, 0.6) is 0 Å². The summed E-state index contributed by atoms with van der Waals surface area (Å²) in [4.78, 5) is 38.6. The van der Waals surface area contributed by atoms with Crippen LogP contribution >= 0.6 is 23.2 Å². The highest BCUT2D eigenvalue weighted by Crippen LogP contribution is 2.33. The van der Waals surface area contributed by atoms with Crippen LogP contribution in [0.2, 0.25) is 10.0 Å². The van der Waals surface area contributed by atoms with Gasteiger partial charge in [-0.05, 0) is 57.5 Å². The number of aromatic carboxylic acids is 1. The van der Waals surface area contributed by atoms with Crippen molar-refractivity contribution in [2.24, 2.45) is 0 Å². The molecule has 3 aromatic rings. The lowest BCUT2D eigenvalue weighted by atomic mass is 10.1. The van der Waals surface area contributed by atoms with Crippen molar-refractivity contribution in [1.29, 1.82) is 0 Å². The van der Waals surface area contributed by atoms with Crippen LogP contribution in [0.3, 0.4) is 0 Å². The van der Waals surface area contributed by atoms with Crippen molar-refractivity contribution in [1.82, 2.24) is 9.58 Å². The van der Waals surface area contributed by atoms with Gasteiger partial charge in [0.25, 0.3) is 5.91 Å². The van der Waals surface area contributed by atoms with Crippen LogP contribution in [-0.4, -0.2) is 44.8 Å². The summed E-state index contributed by atoms with van der Waals surface area (Å²) in [6, 6.07) is 13.2. The van der Waals surface area contributed by atoms with Gasteiger partial charge < -0.3 is 14.4 Å². The summed E-state index contributed by atoms with van der Waals surface area (Å²) in [5.41, 5.74) is 0.379. The Morgan fingerprint density at radius 1 is 1.09 bits per heavy atom. The summed E-state index contributed by atoms with van der Waals surface area (Å²) < 4.78 is 6.90. The Kier molecular flexibility index (Phi) is 6.53. The number of carbonyl (C=O) groups is 3. The first-order valence-electron chi connectivity index (χ1n) is 10.8. The summed E-state index contributed by atoms with van der Waals surface area (Å²) >= 11 is 12.5. The molecule has 1 aliphatic heterocycles. The first-order valence-corrected chi connectivity index (χ1v) is 11.6. The van der Waals surface area contributed by atoms with Gasteiger partial charge in [-0.1, -0.05) is 41.4 Å². The Hall–Kier alpha value is -3.49. The van der Waals surface area contributed by atoms with E-state index in [1.165, 1.54) is 32.9 Å². The summed E-state index contributed by atoms with van der Waals surface area (Å²) in [6.45, 7) is 5.38. The second-order valence-electron chi connectivity index (χ2n) is 8.99. The molecule has 2 aromatic carbocycles. The fraction of sp³-hybridized carbons (Fsp3) is 0.240. The number of hydrogen-bond donors (Lipinski definition) is 1. The number of benzene rings is 2. The molecule has 0 unspecified atom stereocenters. The average Bonchev–Trinajstić information content (AvgIpc) is 3.13. The van der Waals surface area contributed by atoms with Crippen molar-refractivity contribution in [3.05, 3.63) is 69.8 Å². The quantitative estimate of drug-likeness (QED) is 0.427. The van der Waals surface area contributed by atoms with Crippen LogP contribution in [-0.2, 0) is 9.53 Å². The molecule has 0 saturated carbocycles. The molecule has 182 valence electrons. The average molecular weight is 516 g/mol. The monoisotopic (exact) mass is 515 g/mol. The number of amides is 2. The fourth-order valence-corrected chi connectivity index (χ4v) is 4.36. The molecule has 2 heterocycles. The lowest BCUT2D eigenvalue weighted by molar-refractivity contribution is -0.119. The number of ether oxygens (including phenoxy) is 1. The lowest BCUT2D eigenvalue weighted by Gasteiger charge is -2.39. The van der Waals surface area contributed by atoms with E-state index < -0.39 is 23.6 Å². The normalized spacial score (nSPS) is 15.7. The van der Waals surface area contributed by atoms with Crippen molar-refractivity contribution >= 4 is 64.0 Å². The van der Waals surface area contributed by atoms with E-state index in [0.717, 1.165) is 0 Å². The number of carboxylic acids is 1. The zero-order valence-electron chi connectivity index (χ0n) is 19.3. The van der Waals surface area contributed by atoms with Crippen molar-refractivity contribution in [3.8, 4) is 0 Å². The Bertz CT molecular complexity index is 1360. The molecule has 0 aliphatic carbocycles. The number of hydrazine groups is 1. The maximum Gasteiger partial charge on any atom is 0.429 e. The standard InChI is InChI=1S/C25H23Cl2N3O5/c1-25(2,3)35-24(34)29-10-9-15(22(31)30(29)17-7-5-4-6-8-17)14-28-20-12-16(26)11-19(27)18(20)13-21(28)23(32)33/h4-8,11-14H,9-10H2,1-3H3,(H,32,33). The van der Waals surface area contributed by atoms with Crippen LogP contribution in [0.1, 0.15) is 37.7 Å². The molecule has 0 spiro atoms. The fourth-order valence-electron chi connectivity index (χ4n) is 3.82. The predicted octanol–water partition coefficient (Wildman–Crippen LogP) is 6.08. The van der Waals surface area contributed by atoms with E-state index in [1.807, 2.05) is 0 Å². The van der Waals surface area contributed by atoms with Crippen LogP contribution in [0.25, 0.3) is 17.1 Å². The number of carbonyl (C=O) groups excluding carboxylic acids is 2. The third kappa shape index (κ3) is 4.99. The Balaban J connectivity index is 1.82. The van der Waals surface area contributed by atoms with Gasteiger partial charge in [0.15, 0.2) is 0 Å². The maximum atomic E-state index is 13.7. The molecule has 35 heavy (non-hydrogen) atoms. The molecule has 1 aromatic heterocycles. The first kappa shape index (κ1) is 24.6. The van der Waals surface area contributed by atoms with Gasteiger partial charge in [0.2, 0.25) is 0 Å². The minimum absolute atomic E-state index is 0.0784. The van der Waals surface area contributed by atoms with E-state index >= 15 is 0 Å². The molecule has 0 bridgehead atoms. The second kappa shape index (κ2) is 9.28. The smallest absolute Gasteiger partial charge is 0.429 e. The van der Waals surface area contributed by atoms with E-state index in [-0.39, 0.29) is 18.7 Å². The van der Waals surface area contributed by atoms with Crippen LogP contribution < -0.4 is 5.01 Å². The van der Waals surface area contributed by atoms with E-state index in [1.54, 1.807) is 57.2 Å². The van der Waals surface area contributed by atoms with Crippen molar-refractivity contribution in [2.75, 3.05) is 11.6 Å². The van der Waals surface area contributed by atoms with Gasteiger partial charge >= 0.3 is 12.1 Å². The molecule has 1 fully saturated rings. The minimum Gasteiger partial charge on any atom is -0.477 e. The SMILES string of the molecule is CC(C)(C)OC(=O)N1CCC(=Cn2c(C(=O)O)cc3c(Cl)cc(Cl)cc32)C(=O)N1c1ccccc1. The number of aromatic nitrogens is 1. The number of nitrogens with zero attached hydrogens (tertiary/aromatic N) is 3. The third-order valence-electron chi connectivity index (χ3n) is 5.28. The highest BCUT2D eigenvalue weighted by atomic mass is 35.5. The molecule has 2 amide bonds. The molecule has 1 N–H and O–H groups in total. The van der Waals surface area contributed by atoms with Crippen molar-refractivity contribution < 1.29 is 24.2 Å². The van der Waals surface area contributed by atoms with Gasteiger partial charge in [0.05, 0.1) is 22.8 Å². The molecule has 10 heteroatoms. The lowest BCUT2D eigenvalue weighted by Crippen LogP contribution is -2.55. The number of carboxylic acid groups (broad SMARTS) is 1. The van der Waals surface area contributed by atoms with E-state index in [4.69, 9.17) is 27.9 Å². The number of fused-ring (bicyclic) bond motifs is 1. The topological polar surface area (TPSA) is 92.1 Å². The Labute approximate surface area is 211 Å². The number of hydrogen-bond acceptors (Lipinski definition) is 4. The summed E-state index contributed by atoms with van der Waals surface area (Å²) in [6.07, 6.45) is 0.974. The zero-order valence-corrected chi connectivity index (χ0v) is 20.8. The highest BCUT2D eigenvalue weighted by molar-refractivity contribution is 6.38. The van der Waals surface area contributed by atoms with Gasteiger partial charge in [-0.3, -0.25) is 4.79 Å². The van der Waals surface area contributed by atoms with Crippen molar-refractivity contribution in [3.63, 3.8) is 0 Å². The molecule has 1 saturated heterocycles. The molecular formula is C25H23Cl2N3O5. The van der Waals surface area contributed by atoms with Gasteiger partial charge in [0, 0.05) is 22.2 Å². The Morgan fingerprint density at radius 2 is 1.77 bits per heavy atom. The van der Waals surface area contributed by atoms with Crippen molar-refractivity contribution in [2.45, 2.75) is 32.8 Å². The summed E-state index contributed by atoms with van der Waals surface area (Å²) in [7, 11) is 0. The molecular weight excluding hydrogens is 493 g/mol. The van der Waals surface area contributed by atoms with E-state index in [0.29, 0.717) is 32.2 Å². The summed E-state index contributed by atoms with van der Waals surface area (Å²) in [5.74, 6) is -1.68. The second-order valence-corrected chi connectivity index (χ2v) is 9.83. The number of anilines is 1. The highest BCUT2D eigenvalue weighted by Gasteiger charge is 2.37. The molecule has 1 aliphatic rings. The van der Waals surface area contributed by atoms with E-state index in [9.17, 15) is 19.5 Å². The van der Waals surface area contributed by atoms with Gasteiger partial charge in [-0.2, -0.15) is 0 Å². The van der Waals surface area contributed by atoms with Crippen LogP contribution in [0, 0.1) is 0 Å². The molecule has 4 rings (SSSR count). The number of para-hydroxylation sites is 1. The van der Waals surface area contributed by atoms with Gasteiger partial charge in [0.1, 0.15) is 11.3 Å². The minimum atomic E-state index is -1.19. The number of rotatable bonds is 3. The first-order chi connectivity index (χ1) is 16.5. The van der Waals surface area contributed by atoms with Gasteiger partial charge in [-0.15, -0.1) is 0 Å². The maximum absolute atomic E-state index is 13.7. The Morgan fingerprint density at radius 3 is 2.40 bits per heavy atom. The van der Waals surface area contributed by atoms with Crippen LogP contribution in [0.15, 0.2) is 54.1 Å². The molecule has 8 nitrogen and oxygen atoms in total. The van der Waals surface area contributed by atoms with Crippen LogP contribution in [0.4, 0.5) is 10.5 Å². The summed E-state index contributed by atoms with van der Waals surface area (Å²) in [5, 5.41) is 13.4. The zero-order chi connectivity index (χ0) is 25.5. The molecule has 0 atom stereocenters.